The van der Waals surface area contributed by atoms with Crippen molar-refractivity contribution < 1.29 is 19.5 Å². The topological polar surface area (TPSA) is 59.0 Å². The van der Waals surface area contributed by atoms with Crippen LogP contribution < -0.4 is 0 Å². The molecule has 0 aliphatic rings. The maximum absolute atomic E-state index is 11.0. The van der Waals surface area contributed by atoms with Crippen LogP contribution in [0.1, 0.15) is 18.5 Å². The molecule has 0 aromatic heterocycles. The van der Waals surface area contributed by atoms with Crippen LogP contribution in [0, 0.1) is 0 Å². The van der Waals surface area contributed by atoms with Gasteiger partial charge < -0.3 is 14.7 Å². The number of ether oxygens (including phenoxy) is 1. The molecule has 100 valence electrons. The highest BCUT2D eigenvalue weighted by molar-refractivity contribution is 6.30. The molecule has 1 aromatic carbocycles. The summed E-state index contributed by atoms with van der Waals surface area (Å²) < 4.78 is 4.94. The Morgan fingerprint density at radius 3 is 2.50 bits per heavy atom. The van der Waals surface area contributed by atoms with E-state index >= 15 is 0 Å². The van der Waals surface area contributed by atoms with E-state index in [4.69, 9.17) is 21.2 Å². The van der Waals surface area contributed by atoms with Gasteiger partial charge in [-0.1, -0.05) is 23.7 Å². The van der Waals surface area contributed by atoms with E-state index in [2.05, 4.69) is 0 Å². The van der Waals surface area contributed by atoms with Gasteiger partial charge in [0.1, 0.15) is 6.73 Å². The first kappa shape index (κ1) is 14.9. The summed E-state index contributed by atoms with van der Waals surface area (Å²) in [7, 11) is 1.48. The lowest BCUT2D eigenvalue weighted by atomic mass is 10.1. The molecule has 1 aromatic rings. The number of halogens is 1. The van der Waals surface area contributed by atoms with Crippen LogP contribution in [0.15, 0.2) is 24.3 Å². The number of hydroxylamine groups is 2. The first-order valence-electron chi connectivity index (χ1n) is 5.39. The summed E-state index contributed by atoms with van der Waals surface area (Å²) in [5.74, 6) is -0.473. The van der Waals surface area contributed by atoms with Crippen LogP contribution in [0.2, 0.25) is 5.02 Å². The Labute approximate surface area is 111 Å². The molecule has 0 fully saturated rings. The first-order valence-corrected chi connectivity index (χ1v) is 5.76. The molecule has 0 saturated carbocycles. The summed E-state index contributed by atoms with van der Waals surface area (Å²) in [4.78, 5) is 16.0. The van der Waals surface area contributed by atoms with Gasteiger partial charge in [0.05, 0.1) is 12.6 Å². The number of rotatable bonds is 6. The number of benzene rings is 1. The maximum Gasteiger partial charge on any atom is 0.322 e. The molecule has 18 heavy (non-hydrogen) atoms. The molecule has 6 heteroatoms. The van der Waals surface area contributed by atoms with E-state index in [1.807, 2.05) is 0 Å². The number of hydrogen-bond donors (Lipinski definition) is 1. The number of aliphatic hydroxyl groups excluding tert-OH is 1. The van der Waals surface area contributed by atoms with Crippen LogP contribution in [-0.2, 0) is 14.4 Å². The number of carbonyl (C=O) groups excluding carboxylic acids is 1. The lowest BCUT2D eigenvalue weighted by Crippen LogP contribution is -2.34. The molecule has 0 amide bonds. The number of methoxy groups -OCH3 is 1. The van der Waals surface area contributed by atoms with Crippen LogP contribution in [0.5, 0.6) is 0 Å². The maximum atomic E-state index is 11.0. The molecular formula is C12H16ClNO4. The van der Waals surface area contributed by atoms with Crippen molar-refractivity contribution in [2.45, 2.75) is 13.0 Å². The standard InChI is InChI=1S/C12H16ClNO4/c1-9(16)18-14(8-17-2)12(7-15)10-3-5-11(13)6-4-10/h3-6,12,15H,7-8H2,1-2H3/t12-/m1/s1. The van der Waals surface area contributed by atoms with Crippen molar-refractivity contribution in [1.82, 2.24) is 5.06 Å². The van der Waals surface area contributed by atoms with Crippen molar-refractivity contribution in [1.29, 1.82) is 0 Å². The fraction of sp³-hybridized carbons (Fsp3) is 0.417. The molecule has 0 aliphatic carbocycles. The van der Waals surface area contributed by atoms with Gasteiger partial charge in [0.25, 0.3) is 0 Å². The highest BCUT2D eigenvalue weighted by atomic mass is 35.5. The molecule has 0 radical (unpaired) electrons. The third kappa shape index (κ3) is 4.27. The summed E-state index contributed by atoms with van der Waals surface area (Å²) in [5.41, 5.74) is 0.778. The molecule has 1 rings (SSSR count). The van der Waals surface area contributed by atoms with Gasteiger partial charge in [-0.15, -0.1) is 5.06 Å². The molecule has 0 unspecified atom stereocenters. The Kier molecular flexibility index (Phi) is 6.07. The van der Waals surface area contributed by atoms with Crippen molar-refractivity contribution in [2.24, 2.45) is 0 Å². The van der Waals surface area contributed by atoms with E-state index in [9.17, 15) is 9.90 Å². The SMILES string of the molecule is COCN(OC(C)=O)[C@H](CO)c1ccc(Cl)cc1. The second-order valence-corrected chi connectivity index (χ2v) is 4.10. The third-order valence-electron chi connectivity index (χ3n) is 2.28. The molecule has 1 atom stereocenters. The Balaban J connectivity index is 2.89. The number of hydrogen-bond acceptors (Lipinski definition) is 5. The largest absolute Gasteiger partial charge is 0.394 e. The lowest BCUT2D eigenvalue weighted by Gasteiger charge is -2.27. The van der Waals surface area contributed by atoms with E-state index in [1.54, 1.807) is 24.3 Å². The monoisotopic (exact) mass is 273 g/mol. The minimum atomic E-state index is -0.494. The molecule has 0 saturated heterocycles. The predicted molar refractivity (Wildman–Crippen MR) is 66.8 cm³/mol. The average Bonchev–Trinajstić information content (AvgIpc) is 2.32. The number of aliphatic hydroxyl groups is 1. The zero-order chi connectivity index (χ0) is 13.5. The van der Waals surface area contributed by atoms with E-state index in [0.717, 1.165) is 5.56 Å². The van der Waals surface area contributed by atoms with Crippen LogP contribution >= 0.6 is 11.6 Å². The fourth-order valence-corrected chi connectivity index (χ4v) is 1.65. The minimum absolute atomic E-state index is 0.0629. The molecule has 0 bridgehead atoms. The van der Waals surface area contributed by atoms with Crippen molar-refractivity contribution in [3.05, 3.63) is 34.9 Å². The molecule has 0 spiro atoms. The van der Waals surface area contributed by atoms with Gasteiger partial charge >= 0.3 is 5.97 Å². The smallest absolute Gasteiger partial charge is 0.322 e. The molecule has 0 aliphatic heterocycles. The normalized spacial score (nSPS) is 12.5. The summed E-state index contributed by atoms with van der Waals surface area (Å²) in [6.07, 6.45) is 0. The fourth-order valence-electron chi connectivity index (χ4n) is 1.52. The van der Waals surface area contributed by atoms with Gasteiger partial charge in [0, 0.05) is 19.1 Å². The lowest BCUT2D eigenvalue weighted by molar-refractivity contribution is -0.228. The quantitative estimate of drug-likeness (QED) is 0.632. The van der Waals surface area contributed by atoms with E-state index in [1.165, 1.54) is 19.1 Å². The first-order chi connectivity index (χ1) is 8.58. The van der Waals surface area contributed by atoms with Crippen molar-refractivity contribution >= 4 is 17.6 Å². The van der Waals surface area contributed by atoms with Gasteiger partial charge in [-0.2, -0.15) is 0 Å². The second kappa shape index (κ2) is 7.33. The van der Waals surface area contributed by atoms with Crippen molar-refractivity contribution in [3.8, 4) is 0 Å². The van der Waals surface area contributed by atoms with Gasteiger partial charge in [-0.25, -0.2) is 0 Å². The van der Waals surface area contributed by atoms with Gasteiger partial charge in [-0.05, 0) is 17.7 Å². The molecule has 0 heterocycles. The average molecular weight is 274 g/mol. The van der Waals surface area contributed by atoms with E-state index in [0.29, 0.717) is 5.02 Å². The van der Waals surface area contributed by atoms with Crippen molar-refractivity contribution in [3.63, 3.8) is 0 Å². The Morgan fingerprint density at radius 1 is 1.44 bits per heavy atom. The van der Waals surface area contributed by atoms with E-state index < -0.39 is 12.0 Å². The van der Waals surface area contributed by atoms with E-state index in [-0.39, 0.29) is 13.3 Å². The van der Waals surface area contributed by atoms with Crippen molar-refractivity contribution in [2.75, 3.05) is 20.4 Å². The van der Waals surface area contributed by atoms with Crippen LogP contribution in [0.3, 0.4) is 0 Å². The number of nitrogens with zero attached hydrogens (tertiary/aromatic N) is 1. The van der Waals surface area contributed by atoms with Gasteiger partial charge in [0.15, 0.2) is 0 Å². The summed E-state index contributed by atoms with van der Waals surface area (Å²) >= 11 is 5.80. The highest BCUT2D eigenvalue weighted by Crippen LogP contribution is 2.22. The highest BCUT2D eigenvalue weighted by Gasteiger charge is 2.22. The third-order valence-corrected chi connectivity index (χ3v) is 2.53. The number of carbonyl (C=O) groups is 1. The van der Waals surface area contributed by atoms with Crippen LogP contribution in [0.4, 0.5) is 0 Å². The summed E-state index contributed by atoms with van der Waals surface area (Å²) in [6.45, 7) is 1.14. The van der Waals surface area contributed by atoms with Crippen LogP contribution in [0.25, 0.3) is 0 Å². The Morgan fingerprint density at radius 2 is 2.06 bits per heavy atom. The summed E-state index contributed by atoms with van der Waals surface area (Å²) in [6, 6.07) is 6.44. The Bertz CT molecular complexity index is 382. The predicted octanol–water partition coefficient (Wildman–Crippen LogP) is 1.76. The zero-order valence-electron chi connectivity index (χ0n) is 10.3. The van der Waals surface area contributed by atoms with Crippen LogP contribution in [-0.4, -0.2) is 36.6 Å². The zero-order valence-corrected chi connectivity index (χ0v) is 11.1. The van der Waals surface area contributed by atoms with Gasteiger partial charge in [-0.3, -0.25) is 4.79 Å². The second-order valence-electron chi connectivity index (χ2n) is 3.67. The van der Waals surface area contributed by atoms with Gasteiger partial charge in [0.2, 0.25) is 0 Å². The molecule has 5 nitrogen and oxygen atoms in total. The molecule has 1 N–H and O–H groups in total. The molecular weight excluding hydrogens is 258 g/mol. The summed E-state index contributed by atoms with van der Waals surface area (Å²) in [5, 5.41) is 11.3. The minimum Gasteiger partial charge on any atom is -0.394 e. The Hall–Kier alpha value is -1.14.